The van der Waals surface area contributed by atoms with E-state index in [-0.39, 0.29) is 12.0 Å². The van der Waals surface area contributed by atoms with E-state index in [1.54, 1.807) is 19.2 Å². The molecular formula is C11H14BrNO2. The summed E-state index contributed by atoms with van der Waals surface area (Å²) < 4.78 is 6.00. The Morgan fingerprint density at radius 1 is 1.47 bits per heavy atom. The molecule has 15 heavy (non-hydrogen) atoms. The third-order valence-corrected chi connectivity index (χ3v) is 2.59. The van der Waals surface area contributed by atoms with E-state index in [1.807, 2.05) is 19.1 Å². The summed E-state index contributed by atoms with van der Waals surface area (Å²) in [5.41, 5.74) is 0.654. The van der Waals surface area contributed by atoms with Crippen LogP contribution in [0.3, 0.4) is 0 Å². The fraction of sp³-hybridized carbons (Fsp3) is 0.364. The first-order valence-electron chi connectivity index (χ1n) is 4.70. The van der Waals surface area contributed by atoms with Crippen LogP contribution in [0.4, 0.5) is 0 Å². The summed E-state index contributed by atoms with van der Waals surface area (Å²) >= 11 is 3.32. The van der Waals surface area contributed by atoms with Crippen molar-refractivity contribution in [2.75, 3.05) is 13.7 Å². The molecule has 82 valence electrons. The van der Waals surface area contributed by atoms with Crippen molar-refractivity contribution in [1.82, 2.24) is 5.32 Å². The standard InChI is InChI=1S/C11H14BrNO2/c1-8(15-2)7-13-11(14)9-3-5-10(12)6-4-9/h3-6,8H,7H2,1-2H3,(H,13,14). The molecule has 1 aromatic rings. The van der Waals surface area contributed by atoms with Crippen LogP contribution in [0.25, 0.3) is 0 Å². The summed E-state index contributed by atoms with van der Waals surface area (Å²) in [6.07, 6.45) is 0.0319. The molecule has 1 unspecified atom stereocenters. The Morgan fingerprint density at radius 2 is 2.07 bits per heavy atom. The second kappa shape index (κ2) is 5.88. The number of hydrogen-bond acceptors (Lipinski definition) is 2. The molecular weight excluding hydrogens is 258 g/mol. The monoisotopic (exact) mass is 271 g/mol. The number of carbonyl (C=O) groups excluding carboxylic acids is 1. The number of methoxy groups -OCH3 is 1. The van der Waals surface area contributed by atoms with Gasteiger partial charge in [0.15, 0.2) is 0 Å². The lowest BCUT2D eigenvalue weighted by Crippen LogP contribution is -2.31. The van der Waals surface area contributed by atoms with Crippen LogP contribution in [0.2, 0.25) is 0 Å². The zero-order chi connectivity index (χ0) is 11.3. The highest BCUT2D eigenvalue weighted by molar-refractivity contribution is 9.10. The molecule has 0 fully saturated rings. The molecule has 1 amide bonds. The van der Waals surface area contributed by atoms with Gasteiger partial charge in [0.1, 0.15) is 0 Å². The van der Waals surface area contributed by atoms with Gasteiger partial charge in [-0.05, 0) is 31.2 Å². The van der Waals surface area contributed by atoms with Gasteiger partial charge < -0.3 is 10.1 Å². The van der Waals surface area contributed by atoms with E-state index in [2.05, 4.69) is 21.2 Å². The highest BCUT2D eigenvalue weighted by Gasteiger charge is 2.06. The van der Waals surface area contributed by atoms with Crippen molar-refractivity contribution in [2.24, 2.45) is 0 Å². The van der Waals surface area contributed by atoms with Gasteiger partial charge in [-0.2, -0.15) is 0 Å². The van der Waals surface area contributed by atoms with E-state index in [1.165, 1.54) is 0 Å². The Hall–Kier alpha value is -0.870. The quantitative estimate of drug-likeness (QED) is 0.912. The van der Waals surface area contributed by atoms with Crippen molar-refractivity contribution in [3.8, 4) is 0 Å². The van der Waals surface area contributed by atoms with Crippen molar-refractivity contribution >= 4 is 21.8 Å². The van der Waals surface area contributed by atoms with Crippen molar-refractivity contribution in [2.45, 2.75) is 13.0 Å². The van der Waals surface area contributed by atoms with Gasteiger partial charge in [-0.25, -0.2) is 0 Å². The zero-order valence-corrected chi connectivity index (χ0v) is 10.4. The number of hydrogen-bond donors (Lipinski definition) is 1. The molecule has 1 aromatic carbocycles. The molecule has 1 N–H and O–H groups in total. The van der Waals surface area contributed by atoms with Crippen molar-refractivity contribution in [3.63, 3.8) is 0 Å². The highest BCUT2D eigenvalue weighted by atomic mass is 79.9. The summed E-state index contributed by atoms with van der Waals surface area (Å²) in [5.74, 6) is -0.0774. The molecule has 0 spiro atoms. The average molecular weight is 272 g/mol. The van der Waals surface area contributed by atoms with E-state index in [9.17, 15) is 4.79 Å². The lowest BCUT2D eigenvalue weighted by atomic mass is 10.2. The summed E-state index contributed by atoms with van der Waals surface area (Å²) in [6.45, 7) is 2.42. The highest BCUT2D eigenvalue weighted by Crippen LogP contribution is 2.10. The van der Waals surface area contributed by atoms with E-state index in [0.29, 0.717) is 12.1 Å². The molecule has 0 bridgehead atoms. The van der Waals surface area contributed by atoms with Crippen LogP contribution < -0.4 is 5.32 Å². The van der Waals surface area contributed by atoms with Crippen LogP contribution in [0, 0.1) is 0 Å². The van der Waals surface area contributed by atoms with Gasteiger partial charge in [-0.15, -0.1) is 0 Å². The minimum Gasteiger partial charge on any atom is -0.380 e. The minimum atomic E-state index is -0.0774. The van der Waals surface area contributed by atoms with E-state index >= 15 is 0 Å². The fourth-order valence-electron chi connectivity index (χ4n) is 1.02. The maximum Gasteiger partial charge on any atom is 0.251 e. The van der Waals surface area contributed by atoms with Crippen LogP contribution in [0.1, 0.15) is 17.3 Å². The van der Waals surface area contributed by atoms with Crippen LogP contribution in [0.5, 0.6) is 0 Å². The first kappa shape index (κ1) is 12.2. The van der Waals surface area contributed by atoms with Crippen LogP contribution in [-0.2, 0) is 4.74 Å². The molecule has 3 nitrogen and oxygen atoms in total. The lowest BCUT2D eigenvalue weighted by molar-refractivity contribution is 0.0870. The summed E-state index contributed by atoms with van der Waals surface area (Å²) in [4.78, 5) is 11.6. The lowest BCUT2D eigenvalue weighted by Gasteiger charge is -2.10. The second-order valence-corrected chi connectivity index (χ2v) is 4.18. The van der Waals surface area contributed by atoms with Crippen molar-refractivity contribution in [3.05, 3.63) is 34.3 Å². The number of rotatable bonds is 4. The van der Waals surface area contributed by atoms with Crippen LogP contribution in [0.15, 0.2) is 28.7 Å². The summed E-state index contributed by atoms with van der Waals surface area (Å²) in [7, 11) is 1.62. The Balaban J connectivity index is 2.50. The molecule has 0 aliphatic rings. The van der Waals surface area contributed by atoms with Gasteiger partial charge in [0.05, 0.1) is 6.10 Å². The molecule has 0 heterocycles. The number of amides is 1. The Kier molecular flexibility index (Phi) is 4.78. The van der Waals surface area contributed by atoms with Gasteiger partial charge >= 0.3 is 0 Å². The van der Waals surface area contributed by atoms with Crippen LogP contribution in [-0.4, -0.2) is 25.7 Å². The topological polar surface area (TPSA) is 38.3 Å². The summed E-state index contributed by atoms with van der Waals surface area (Å²) in [6, 6.07) is 7.23. The first-order chi connectivity index (χ1) is 7.13. The van der Waals surface area contributed by atoms with Crippen LogP contribution >= 0.6 is 15.9 Å². The average Bonchev–Trinajstić information content (AvgIpc) is 2.26. The Labute approximate surface area is 97.9 Å². The maximum absolute atomic E-state index is 11.6. The van der Waals surface area contributed by atoms with E-state index in [0.717, 1.165) is 4.47 Å². The molecule has 0 radical (unpaired) electrons. The predicted molar refractivity (Wildman–Crippen MR) is 62.9 cm³/mol. The number of benzene rings is 1. The molecule has 0 saturated heterocycles. The minimum absolute atomic E-state index is 0.0319. The fourth-order valence-corrected chi connectivity index (χ4v) is 1.29. The number of ether oxygens (including phenoxy) is 1. The van der Waals surface area contributed by atoms with Gasteiger partial charge in [0.25, 0.3) is 5.91 Å². The summed E-state index contributed by atoms with van der Waals surface area (Å²) in [5, 5.41) is 2.79. The van der Waals surface area contributed by atoms with Crippen molar-refractivity contribution < 1.29 is 9.53 Å². The van der Waals surface area contributed by atoms with Gasteiger partial charge in [0.2, 0.25) is 0 Å². The molecule has 1 rings (SSSR count). The third kappa shape index (κ3) is 4.01. The number of carbonyl (C=O) groups is 1. The SMILES string of the molecule is COC(C)CNC(=O)c1ccc(Br)cc1. The van der Waals surface area contributed by atoms with Gasteiger partial charge in [-0.1, -0.05) is 15.9 Å². The molecule has 1 atom stereocenters. The molecule has 0 aliphatic heterocycles. The Bertz CT molecular complexity index is 324. The van der Waals surface area contributed by atoms with E-state index in [4.69, 9.17) is 4.74 Å². The Morgan fingerprint density at radius 3 is 2.60 bits per heavy atom. The maximum atomic E-state index is 11.6. The normalized spacial score (nSPS) is 12.2. The number of halogens is 1. The molecule has 0 aromatic heterocycles. The predicted octanol–water partition coefficient (Wildman–Crippen LogP) is 2.21. The smallest absolute Gasteiger partial charge is 0.251 e. The van der Waals surface area contributed by atoms with E-state index < -0.39 is 0 Å². The molecule has 0 aliphatic carbocycles. The van der Waals surface area contributed by atoms with Gasteiger partial charge in [0, 0.05) is 23.7 Å². The number of nitrogens with one attached hydrogen (secondary N) is 1. The molecule has 4 heteroatoms. The second-order valence-electron chi connectivity index (χ2n) is 3.26. The van der Waals surface area contributed by atoms with Gasteiger partial charge in [-0.3, -0.25) is 4.79 Å². The zero-order valence-electron chi connectivity index (χ0n) is 8.79. The molecule has 0 saturated carbocycles. The largest absolute Gasteiger partial charge is 0.380 e. The first-order valence-corrected chi connectivity index (χ1v) is 5.49. The van der Waals surface area contributed by atoms with Crippen molar-refractivity contribution in [1.29, 1.82) is 0 Å². The third-order valence-electron chi connectivity index (χ3n) is 2.06.